The Morgan fingerprint density at radius 2 is 1.72 bits per heavy atom. The van der Waals surface area contributed by atoms with Crippen molar-refractivity contribution in [3.63, 3.8) is 0 Å². The zero-order chi connectivity index (χ0) is 49.1. The number of aryl methyl sites for hydroxylation is 2. The van der Waals surface area contributed by atoms with E-state index in [0.29, 0.717) is 78.4 Å². The summed E-state index contributed by atoms with van der Waals surface area (Å²) in [6.07, 6.45) is 7.02. The Labute approximate surface area is 404 Å². The molecular weight excluding hydrogens is 891 g/mol. The molecule has 3 aromatic carbocycles. The number of benzene rings is 3. The van der Waals surface area contributed by atoms with Gasteiger partial charge in [-0.05, 0) is 107 Å². The van der Waals surface area contributed by atoms with Crippen LogP contribution in [0.15, 0.2) is 36.9 Å². The number of ether oxygens (including phenoxy) is 7. The highest BCUT2D eigenvalue weighted by atomic mass is 32.2. The fourth-order valence-corrected chi connectivity index (χ4v) is 12.3. The van der Waals surface area contributed by atoms with Crippen molar-refractivity contribution in [2.75, 3.05) is 60.1 Å². The number of phenols is 1. The number of unbranched alkanes of at least 4 members (excludes halogenated alkanes) is 4. The number of fused-ring (bicyclic) bond motifs is 5. The number of nitrogens with zero attached hydrogens (tertiary/aromatic N) is 2. The van der Waals surface area contributed by atoms with Crippen molar-refractivity contribution in [2.45, 2.75) is 127 Å². The standard InChI is InChI=1S/C52H69N3O12S/c1-11-13-14-15-16-17-39(57)66-46-31(4)24-38(64-29-56)41-35-27-63-49(59)52(34-26-36(61-9)37(25-32(34)18-20-53-52)65-50(60)67-51(5,6)7)28-68-48(42(41)46)44-43(54(8)21-12-2)40-33(19-22-55(35)44)23-30(3)47(62-10)45(40)58/h12,23-26,35,43-44,48,53,56,58H,2,11,13-22,27-29H2,1,3-10H3/t35?,43?,44?,48?,52-/m1/s1. The summed E-state index contributed by atoms with van der Waals surface area (Å²) in [6, 6.07) is 5.67. The first kappa shape index (κ1) is 50.9. The lowest BCUT2D eigenvalue weighted by molar-refractivity contribution is -0.154. The van der Waals surface area contributed by atoms with Gasteiger partial charge in [-0.3, -0.25) is 19.9 Å². The maximum Gasteiger partial charge on any atom is 0.514 e. The van der Waals surface area contributed by atoms with Gasteiger partial charge in [-0.1, -0.05) is 44.7 Å². The second kappa shape index (κ2) is 21.3. The molecule has 15 nitrogen and oxygen atoms in total. The Hall–Kier alpha value is -5.00. The predicted molar refractivity (Wildman–Crippen MR) is 259 cm³/mol. The minimum absolute atomic E-state index is 0.0500. The summed E-state index contributed by atoms with van der Waals surface area (Å²) < 4.78 is 42.1. The van der Waals surface area contributed by atoms with Gasteiger partial charge in [0.2, 0.25) is 0 Å². The fraction of sp³-hybridized carbons (Fsp3) is 0.558. The molecule has 0 radical (unpaired) electrons. The minimum atomic E-state index is -1.43. The van der Waals surface area contributed by atoms with E-state index in [0.717, 1.165) is 47.9 Å². The molecule has 3 N–H and O–H groups in total. The average Bonchev–Trinajstić information content (AvgIpc) is 3.45. The highest BCUT2D eigenvalue weighted by Crippen LogP contribution is 2.60. The van der Waals surface area contributed by atoms with E-state index < -0.39 is 53.4 Å². The number of rotatable bonds is 15. The Kier molecular flexibility index (Phi) is 16.0. The lowest BCUT2D eigenvalue weighted by Crippen LogP contribution is -2.59. The fourth-order valence-electron chi connectivity index (χ4n) is 10.6. The van der Waals surface area contributed by atoms with E-state index in [1.807, 2.05) is 27.0 Å². The molecule has 5 atom stereocenters. The Morgan fingerprint density at radius 3 is 2.41 bits per heavy atom. The summed E-state index contributed by atoms with van der Waals surface area (Å²) in [5.74, 6) is 0.853. The number of hydrogen-bond donors (Lipinski definition) is 3. The molecular formula is C52H69N3O12S. The van der Waals surface area contributed by atoms with Gasteiger partial charge >= 0.3 is 18.1 Å². The molecule has 0 amide bonds. The number of esters is 2. The van der Waals surface area contributed by atoms with Crippen LogP contribution in [-0.4, -0.2) is 110 Å². The van der Waals surface area contributed by atoms with Crippen LogP contribution in [0.5, 0.6) is 34.5 Å². The van der Waals surface area contributed by atoms with Gasteiger partial charge < -0.3 is 43.4 Å². The van der Waals surface area contributed by atoms with Crippen LogP contribution >= 0.6 is 11.8 Å². The predicted octanol–water partition coefficient (Wildman–Crippen LogP) is 8.45. The van der Waals surface area contributed by atoms with E-state index in [4.69, 9.17) is 33.2 Å². The van der Waals surface area contributed by atoms with Gasteiger partial charge in [0.15, 0.2) is 35.3 Å². The van der Waals surface area contributed by atoms with Gasteiger partial charge in [-0.2, -0.15) is 0 Å². The third-order valence-corrected chi connectivity index (χ3v) is 15.0. The number of aliphatic hydroxyl groups excluding tert-OH is 1. The summed E-state index contributed by atoms with van der Waals surface area (Å²) in [6.45, 7) is 15.9. The lowest BCUT2D eigenvalue weighted by Gasteiger charge is -2.52. The molecule has 4 unspecified atom stereocenters. The van der Waals surface area contributed by atoms with Crippen molar-refractivity contribution < 1.29 is 57.8 Å². The molecule has 5 aliphatic rings. The van der Waals surface area contributed by atoms with Crippen LogP contribution in [0.1, 0.15) is 128 Å². The van der Waals surface area contributed by atoms with E-state index in [1.165, 1.54) is 18.9 Å². The van der Waals surface area contributed by atoms with Gasteiger partial charge in [0.1, 0.15) is 23.7 Å². The van der Waals surface area contributed by atoms with Gasteiger partial charge in [-0.25, -0.2) is 9.59 Å². The zero-order valence-electron chi connectivity index (χ0n) is 41.1. The number of carbonyl (C=O) groups excluding carboxylic acids is 3. The summed E-state index contributed by atoms with van der Waals surface area (Å²) in [4.78, 5) is 46.6. The van der Waals surface area contributed by atoms with E-state index in [1.54, 1.807) is 46.1 Å². The first-order valence-corrected chi connectivity index (χ1v) is 24.8. The van der Waals surface area contributed by atoms with Crippen LogP contribution in [0, 0.1) is 13.8 Å². The molecule has 1 fully saturated rings. The van der Waals surface area contributed by atoms with E-state index in [-0.39, 0.29) is 42.0 Å². The number of thioether (sulfide) groups is 1. The number of aromatic hydroxyl groups is 1. The molecule has 16 heteroatoms. The number of aliphatic hydroxyl groups is 1. The monoisotopic (exact) mass is 959 g/mol. The van der Waals surface area contributed by atoms with Gasteiger partial charge in [-0.15, -0.1) is 18.3 Å². The third kappa shape index (κ3) is 10.0. The van der Waals surface area contributed by atoms with Crippen molar-refractivity contribution in [3.05, 3.63) is 81.4 Å². The lowest BCUT2D eigenvalue weighted by atomic mass is 9.80. The Bertz CT molecular complexity index is 2380. The van der Waals surface area contributed by atoms with Crippen molar-refractivity contribution in [1.29, 1.82) is 0 Å². The van der Waals surface area contributed by atoms with Crippen LogP contribution in [0.2, 0.25) is 0 Å². The highest BCUT2D eigenvalue weighted by molar-refractivity contribution is 7.99. The van der Waals surface area contributed by atoms with Crippen LogP contribution in [0.4, 0.5) is 4.79 Å². The highest BCUT2D eigenvalue weighted by Gasteiger charge is 2.55. The quantitative estimate of drug-likeness (QED) is 0.0330. The number of methoxy groups -OCH3 is 2. The van der Waals surface area contributed by atoms with Gasteiger partial charge in [0.25, 0.3) is 0 Å². The van der Waals surface area contributed by atoms with E-state index in [9.17, 15) is 19.8 Å². The van der Waals surface area contributed by atoms with Crippen molar-refractivity contribution in [3.8, 4) is 34.5 Å². The van der Waals surface area contributed by atoms with E-state index >= 15 is 4.79 Å². The average molecular weight is 960 g/mol. The third-order valence-electron chi connectivity index (χ3n) is 13.5. The molecule has 8 rings (SSSR count). The molecule has 1 saturated heterocycles. The normalized spacial score (nSPS) is 22.2. The van der Waals surface area contributed by atoms with Gasteiger partial charge in [0, 0.05) is 54.5 Å². The second-order valence-corrected chi connectivity index (χ2v) is 20.3. The maximum absolute atomic E-state index is 15.2. The number of phenolic OH excluding ortho intramolecular Hbond substituents is 1. The number of likely N-dealkylation sites (N-methyl/N-ethyl adjacent to an activating group) is 1. The van der Waals surface area contributed by atoms with Crippen LogP contribution in [0.3, 0.4) is 0 Å². The number of carbonyl (C=O) groups is 3. The summed E-state index contributed by atoms with van der Waals surface area (Å²) in [5, 5.41) is 25.8. The second-order valence-electron chi connectivity index (χ2n) is 19.2. The minimum Gasteiger partial charge on any atom is -0.504 e. The molecule has 0 aromatic heterocycles. The number of hydrogen-bond acceptors (Lipinski definition) is 16. The topological polar surface area (TPSA) is 175 Å². The summed E-state index contributed by atoms with van der Waals surface area (Å²) >= 11 is 1.51. The SMILES string of the molecule is C=CCN(C)C1c2c(cc(C)c(OC)c2O)CCN2C3COC(=O)[C@]4(CSC(c5c(OC(=O)CCCCCCC)c(C)cc(OCO)c53)C12)NCCc1cc(OC(=O)OC(C)(C)C)c(OC)cc14. The van der Waals surface area contributed by atoms with Crippen LogP contribution in [-0.2, 0) is 37.4 Å². The maximum atomic E-state index is 15.2. The zero-order valence-corrected chi connectivity index (χ0v) is 41.9. The molecule has 0 saturated carbocycles. The Morgan fingerprint density at radius 1 is 0.971 bits per heavy atom. The van der Waals surface area contributed by atoms with E-state index in [2.05, 4.69) is 34.7 Å². The van der Waals surface area contributed by atoms with Crippen molar-refractivity contribution in [1.82, 2.24) is 15.1 Å². The molecule has 5 heterocycles. The Balaban J connectivity index is 1.45. The van der Waals surface area contributed by atoms with Crippen molar-refractivity contribution in [2.24, 2.45) is 0 Å². The first-order valence-electron chi connectivity index (χ1n) is 23.8. The smallest absolute Gasteiger partial charge is 0.504 e. The molecule has 3 aromatic rings. The number of nitrogens with one attached hydrogen (secondary N) is 1. The molecule has 1 spiro atoms. The molecule has 0 aliphatic carbocycles. The molecule has 2 bridgehead atoms. The van der Waals surface area contributed by atoms with Crippen molar-refractivity contribution >= 4 is 29.9 Å². The molecule has 68 heavy (non-hydrogen) atoms. The van der Waals surface area contributed by atoms with Gasteiger partial charge in [0.05, 0.1) is 31.6 Å². The largest absolute Gasteiger partial charge is 0.514 e. The molecule has 370 valence electrons. The first-order chi connectivity index (χ1) is 32.5. The summed E-state index contributed by atoms with van der Waals surface area (Å²) in [7, 11) is 5.02. The van der Waals surface area contributed by atoms with Crippen LogP contribution < -0.4 is 29.0 Å². The van der Waals surface area contributed by atoms with Crippen LogP contribution in [0.25, 0.3) is 0 Å². The summed E-state index contributed by atoms with van der Waals surface area (Å²) in [5.41, 5.74) is 3.59. The molecule has 5 aliphatic heterocycles.